The Hall–Kier alpha value is -5.51. The summed E-state index contributed by atoms with van der Waals surface area (Å²) in [7, 11) is 2.06. The van der Waals surface area contributed by atoms with Gasteiger partial charge in [0.2, 0.25) is 0 Å². The number of nitrogens with one attached hydrogen (secondary N) is 2. The molecule has 240 valence electrons. The molecular formula is C46H41N3. The van der Waals surface area contributed by atoms with E-state index >= 15 is 0 Å². The molecule has 1 aliphatic rings. The van der Waals surface area contributed by atoms with E-state index in [1.54, 1.807) is 0 Å². The van der Waals surface area contributed by atoms with Crippen LogP contribution in [-0.2, 0) is 6.42 Å². The summed E-state index contributed by atoms with van der Waals surface area (Å²) in [6, 6.07) is 41.0. The predicted molar refractivity (Wildman–Crippen MR) is 208 cm³/mol. The Labute approximate surface area is 289 Å². The molecule has 5 aromatic carbocycles. The second kappa shape index (κ2) is 13.2. The fourth-order valence-electron chi connectivity index (χ4n) is 7.39. The van der Waals surface area contributed by atoms with Gasteiger partial charge in [0.15, 0.2) is 0 Å². The molecule has 0 spiro atoms. The number of aryl methyl sites for hydroxylation is 1. The number of aromatic amines is 1. The molecule has 2 atom stereocenters. The van der Waals surface area contributed by atoms with Crippen molar-refractivity contribution >= 4 is 16.8 Å². The Balaban J connectivity index is 1.19. The minimum atomic E-state index is 0.394. The molecule has 3 nitrogen and oxygen atoms in total. The third kappa shape index (κ3) is 6.03. The molecule has 2 aromatic heterocycles. The maximum absolute atomic E-state index is 4.24. The molecule has 0 amide bonds. The smallest absolute Gasteiger partial charge is 0.0273 e. The molecule has 0 saturated heterocycles. The highest BCUT2D eigenvalue weighted by atomic mass is 14.9. The number of rotatable bonds is 8. The largest absolute Gasteiger partial charge is 0.367 e. The summed E-state index contributed by atoms with van der Waals surface area (Å²) in [6.45, 7) is 4.63. The van der Waals surface area contributed by atoms with Gasteiger partial charge in [-0.15, -0.1) is 0 Å². The number of hydrogen-bond acceptors (Lipinski definition) is 2. The van der Waals surface area contributed by atoms with Gasteiger partial charge in [0, 0.05) is 30.8 Å². The van der Waals surface area contributed by atoms with Gasteiger partial charge < -0.3 is 10.3 Å². The van der Waals surface area contributed by atoms with E-state index in [0.29, 0.717) is 12.0 Å². The topological polar surface area (TPSA) is 40.7 Å². The van der Waals surface area contributed by atoms with Crippen molar-refractivity contribution in [2.75, 3.05) is 7.05 Å². The van der Waals surface area contributed by atoms with Crippen LogP contribution in [0.2, 0.25) is 0 Å². The van der Waals surface area contributed by atoms with Crippen molar-refractivity contribution in [3.05, 3.63) is 157 Å². The summed E-state index contributed by atoms with van der Waals surface area (Å²) in [4.78, 5) is 7.46. The van der Waals surface area contributed by atoms with Gasteiger partial charge in [-0.25, -0.2) is 0 Å². The quantitative estimate of drug-likeness (QED) is 0.174. The first kappa shape index (κ1) is 30.8. The van der Waals surface area contributed by atoms with Gasteiger partial charge >= 0.3 is 0 Å². The van der Waals surface area contributed by atoms with Crippen LogP contribution >= 0.6 is 0 Å². The van der Waals surface area contributed by atoms with E-state index < -0.39 is 0 Å². The van der Waals surface area contributed by atoms with Gasteiger partial charge in [0.1, 0.15) is 0 Å². The predicted octanol–water partition coefficient (Wildman–Crippen LogP) is 11.6. The zero-order valence-corrected chi connectivity index (χ0v) is 28.4. The molecule has 0 aliphatic heterocycles. The number of fused-ring (bicyclic) bond motifs is 3. The average Bonchev–Trinajstić information content (AvgIpc) is 3.73. The van der Waals surface area contributed by atoms with Gasteiger partial charge in [0.25, 0.3) is 0 Å². The van der Waals surface area contributed by atoms with Crippen molar-refractivity contribution in [2.24, 2.45) is 0 Å². The maximum atomic E-state index is 4.24. The summed E-state index contributed by atoms with van der Waals surface area (Å²) < 4.78 is 0. The van der Waals surface area contributed by atoms with E-state index in [-0.39, 0.29) is 0 Å². The van der Waals surface area contributed by atoms with Crippen LogP contribution in [0.1, 0.15) is 42.9 Å². The highest BCUT2D eigenvalue weighted by molar-refractivity contribution is 5.98. The third-order valence-electron chi connectivity index (χ3n) is 10.5. The second-order valence-corrected chi connectivity index (χ2v) is 13.4. The van der Waals surface area contributed by atoms with Crippen molar-refractivity contribution in [2.45, 2.75) is 38.6 Å². The maximum Gasteiger partial charge on any atom is 0.0273 e. The Morgan fingerprint density at radius 3 is 1.88 bits per heavy atom. The molecule has 0 radical (unpaired) electrons. The molecule has 0 bridgehead atoms. The summed E-state index contributed by atoms with van der Waals surface area (Å²) in [6.07, 6.45) is 14.6. The van der Waals surface area contributed by atoms with Crippen LogP contribution in [0, 0.1) is 0 Å². The molecule has 8 rings (SSSR count). The minimum absolute atomic E-state index is 0.394. The van der Waals surface area contributed by atoms with Crippen LogP contribution in [0.4, 0.5) is 0 Å². The fraction of sp³-hybridized carbons (Fsp3) is 0.152. The number of likely N-dealkylation sites (N-methyl/N-ethyl adjacent to an activating group) is 1. The zero-order chi connectivity index (χ0) is 33.3. The average molecular weight is 636 g/mol. The minimum Gasteiger partial charge on any atom is -0.367 e. The molecule has 7 aromatic rings. The van der Waals surface area contributed by atoms with E-state index in [2.05, 4.69) is 164 Å². The molecule has 2 unspecified atom stereocenters. The standard InChI is InChI=1S/C46H41N3/c1-30(31(2)47-3)45-28-38-8-4-5-13-43(38)46-27-37(14-15-44(45)46)35-11-6-9-33(22-35)34-10-7-12-36(23-34)41-24-40(32-16-19-48-20-17-32)25-42(26-41)39-18-21-49-29-39/h5-7,9-31,47,49H,4,8H2,1-3H3. The Morgan fingerprint density at radius 2 is 1.22 bits per heavy atom. The monoisotopic (exact) mass is 635 g/mol. The Kier molecular flexibility index (Phi) is 8.29. The molecule has 1 aliphatic carbocycles. The molecule has 0 saturated carbocycles. The lowest BCUT2D eigenvalue weighted by Crippen LogP contribution is -2.27. The molecule has 2 heterocycles. The summed E-state index contributed by atoms with van der Waals surface area (Å²) >= 11 is 0. The lowest BCUT2D eigenvalue weighted by molar-refractivity contribution is 0.526. The van der Waals surface area contributed by atoms with Crippen LogP contribution in [0.3, 0.4) is 0 Å². The number of aromatic nitrogens is 2. The molecule has 0 fully saturated rings. The Bertz CT molecular complexity index is 2300. The first-order chi connectivity index (χ1) is 24.1. The number of H-pyrrole nitrogens is 1. The molecule has 49 heavy (non-hydrogen) atoms. The summed E-state index contributed by atoms with van der Waals surface area (Å²) in [5, 5.41) is 6.20. The van der Waals surface area contributed by atoms with Crippen molar-refractivity contribution < 1.29 is 0 Å². The third-order valence-corrected chi connectivity index (χ3v) is 10.5. The van der Waals surface area contributed by atoms with Crippen molar-refractivity contribution in [1.82, 2.24) is 15.3 Å². The van der Waals surface area contributed by atoms with Gasteiger partial charge in [-0.05, 0) is 170 Å². The van der Waals surface area contributed by atoms with Gasteiger partial charge in [0.05, 0.1) is 0 Å². The van der Waals surface area contributed by atoms with Crippen molar-refractivity contribution in [3.63, 3.8) is 0 Å². The summed E-state index contributed by atoms with van der Waals surface area (Å²) in [5.74, 6) is 0.412. The van der Waals surface area contributed by atoms with E-state index in [1.165, 1.54) is 77.5 Å². The van der Waals surface area contributed by atoms with E-state index in [1.807, 2.05) is 18.6 Å². The molecular weight excluding hydrogens is 595 g/mol. The van der Waals surface area contributed by atoms with Crippen LogP contribution < -0.4 is 5.32 Å². The summed E-state index contributed by atoms with van der Waals surface area (Å²) in [5.41, 5.74) is 16.3. The van der Waals surface area contributed by atoms with Crippen molar-refractivity contribution in [1.29, 1.82) is 0 Å². The van der Waals surface area contributed by atoms with Crippen LogP contribution in [0.15, 0.2) is 140 Å². The normalized spacial score (nSPS) is 13.7. The van der Waals surface area contributed by atoms with Gasteiger partial charge in [-0.1, -0.05) is 73.7 Å². The first-order valence-electron chi connectivity index (χ1n) is 17.4. The van der Waals surface area contributed by atoms with Crippen LogP contribution in [0.25, 0.3) is 72.5 Å². The van der Waals surface area contributed by atoms with Crippen molar-refractivity contribution in [3.8, 4) is 55.6 Å². The van der Waals surface area contributed by atoms with E-state index in [0.717, 1.165) is 18.4 Å². The highest BCUT2D eigenvalue weighted by Gasteiger charge is 2.20. The zero-order valence-electron chi connectivity index (χ0n) is 28.4. The molecule has 3 heteroatoms. The fourth-order valence-corrected chi connectivity index (χ4v) is 7.39. The van der Waals surface area contributed by atoms with Gasteiger partial charge in [-0.2, -0.15) is 0 Å². The highest BCUT2D eigenvalue weighted by Crippen LogP contribution is 2.39. The number of pyridine rings is 1. The number of benzene rings is 5. The number of allylic oxidation sites excluding steroid dienone is 1. The second-order valence-electron chi connectivity index (χ2n) is 13.4. The van der Waals surface area contributed by atoms with Crippen LogP contribution in [-0.4, -0.2) is 23.1 Å². The van der Waals surface area contributed by atoms with Crippen LogP contribution in [0.5, 0.6) is 0 Å². The SMILES string of the molecule is CNC(C)C(C)c1cc2c(c3cc(-c4cccc(-c5cccc(-c6cc(-c7ccncc7)cc(-c7cc[nH]c7)c6)c5)c4)ccc13)C=CCC2. The molecule has 2 N–H and O–H groups in total. The van der Waals surface area contributed by atoms with E-state index in [4.69, 9.17) is 0 Å². The lowest BCUT2D eigenvalue weighted by Gasteiger charge is -2.25. The number of hydrogen-bond donors (Lipinski definition) is 2. The Morgan fingerprint density at radius 1 is 0.612 bits per heavy atom. The first-order valence-corrected chi connectivity index (χ1v) is 17.4. The number of nitrogens with zero attached hydrogens (tertiary/aromatic N) is 1. The van der Waals surface area contributed by atoms with E-state index in [9.17, 15) is 0 Å². The lowest BCUT2D eigenvalue weighted by atomic mass is 9.82. The van der Waals surface area contributed by atoms with Gasteiger partial charge in [-0.3, -0.25) is 4.98 Å².